The van der Waals surface area contributed by atoms with E-state index in [0.717, 1.165) is 11.5 Å². The molecule has 0 bridgehead atoms. The third-order valence-electron chi connectivity index (χ3n) is 2.71. The summed E-state index contributed by atoms with van der Waals surface area (Å²) in [6, 6.07) is 7.08. The number of aromatic nitrogens is 3. The van der Waals surface area contributed by atoms with Crippen molar-refractivity contribution in [3.8, 4) is 5.69 Å². The number of allylic oxidation sites excluding steroid dienone is 1. The van der Waals surface area contributed by atoms with Crippen LogP contribution >= 0.6 is 0 Å². The molecule has 0 atom stereocenters. The van der Waals surface area contributed by atoms with Crippen LogP contribution in [-0.4, -0.2) is 28.9 Å². The topological polar surface area (TPSA) is 76.9 Å². The fraction of sp³-hybridized carbons (Fsp3) is 0.231. The smallest absolute Gasteiger partial charge is 0.233 e. The quantitative estimate of drug-likeness (QED) is 0.825. The van der Waals surface area contributed by atoms with Crippen molar-refractivity contribution in [3.63, 3.8) is 0 Å². The Labute approximate surface area is 118 Å². The number of hydrogen-bond donors (Lipinski definition) is 1. The van der Waals surface area contributed by atoms with E-state index in [1.165, 1.54) is 0 Å². The number of benzene rings is 1. The van der Waals surface area contributed by atoms with Crippen molar-refractivity contribution in [2.75, 3.05) is 10.5 Å². The summed E-state index contributed by atoms with van der Waals surface area (Å²) in [6.45, 7) is 5.35. The van der Waals surface area contributed by atoms with Crippen molar-refractivity contribution in [2.24, 2.45) is 0 Å². The van der Waals surface area contributed by atoms with Gasteiger partial charge < -0.3 is 0 Å². The third kappa shape index (κ3) is 3.45. The second-order valence-corrected chi connectivity index (χ2v) is 6.14. The molecule has 20 heavy (non-hydrogen) atoms. The summed E-state index contributed by atoms with van der Waals surface area (Å²) in [5, 5.41) is 7.71. The summed E-state index contributed by atoms with van der Waals surface area (Å²) < 4.78 is 28.0. The van der Waals surface area contributed by atoms with E-state index in [4.69, 9.17) is 0 Å². The van der Waals surface area contributed by atoms with Gasteiger partial charge in [0, 0.05) is 0 Å². The zero-order valence-electron chi connectivity index (χ0n) is 11.2. The van der Waals surface area contributed by atoms with E-state index < -0.39 is 10.0 Å². The molecule has 1 aromatic carbocycles. The Balaban J connectivity index is 2.23. The second-order valence-electron chi connectivity index (χ2n) is 4.30. The number of aryl methyl sites for hydroxylation is 1. The maximum atomic E-state index is 11.8. The van der Waals surface area contributed by atoms with Gasteiger partial charge in [-0.1, -0.05) is 12.1 Å². The highest BCUT2D eigenvalue weighted by Gasteiger charge is 2.10. The molecule has 2 aromatic rings. The summed E-state index contributed by atoms with van der Waals surface area (Å²) in [5.41, 5.74) is 1.32. The largest absolute Gasteiger partial charge is 0.286 e. The van der Waals surface area contributed by atoms with E-state index in [0.29, 0.717) is 12.1 Å². The molecule has 0 amide bonds. The van der Waals surface area contributed by atoms with Gasteiger partial charge in [0.25, 0.3) is 0 Å². The van der Waals surface area contributed by atoms with Crippen LogP contribution in [0.3, 0.4) is 0 Å². The molecule has 7 heteroatoms. The first kappa shape index (κ1) is 14.3. The lowest BCUT2D eigenvalue weighted by Crippen LogP contribution is -2.16. The first-order chi connectivity index (χ1) is 9.52. The number of hydrogen-bond acceptors (Lipinski definition) is 4. The lowest BCUT2D eigenvalue weighted by Gasteiger charge is -2.09. The normalized spacial score (nSPS) is 11.2. The fourth-order valence-corrected chi connectivity index (χ4v) is 2.80. The summed E-state index contributed by atoms with van der Waals surface area (Å²) in [4.78, 5) is 0. The molecule has 0 spiro atoms. The molecule has 0 saturated carbocycles. The highest BCUT2D eigenvalue weighted by molar-refractivity contribution is 7.92. The Kier molecular flexibility index (Phi) is 4.19. The number of anilines is 1. The second kappa shape index (κ2) is 5.87. The van der Waals surface area contributed by atoms with Crippen LogP contribution in [-0.2, 0) is 10.0 Å². The van der Waals surface area contributed by atoms with Crippen molar-refractivity contribution in [2.45, 2.75) is 13.3 Å². The minimum atomic E-state index is -3.35. The fourth-order valence-electron chi connectivity index (χ4n) is 1.73. The maximum absolute atomic E-state index is 11.8. The zero-order chi connectivity index (χ0) is 14.6. The molecule has 0 saturated heterocycles. The molecule has 2 rings (SSSR count). The highest BCUT2D eigenvalue weighted by Crippen LogP contribution is 2.16. The van der Waals surface area contributed by atoms with Crippen molar-refractivity contribution in [3.05, 3.63) is 49.1 Å². The van der Waals surface area contributed by atoms with E-state index in [9.17, 15) is 8.42 Å². The van der Waals surface area contributed by atoms with Crippen LogP contribution < -0.4 is 4.72 Å². The van der Waals surface area contributed by atoms with Crippen LogP contribution in [0.1, 0.15) is 12.2 Å². The average Bonchev–Trinajstić information content (AvgIpc) is 2.82. The van der Waals surface area contributed by atoms with Crippen molar-refractivity contribution < 1.29 is 8.42 Å². The zero-order valence-corrected chi connectivity index (χ0v) is 12.0. The van der Waals surface area contributed by atoms with E-state index >= 15 is 0 Å². The molecule has 0 aliphatic heterocycles. The van der Waals surface area contributed by atoms with E-state index in [1.807, 2.05) is 13.0 Å². The molecule has 1 N–H and O–H groups in total. The molecule has 106 valence electrons. The minimum Gasteiger partial charge on any atom is -0.286 e. The maximum Gasteiger partial charge on any atom is 0.233 e. The molecule has 0 radical (unpaired) electrons. The number of nitrogens with zero attached hydrogens (tertiary/aromatic N) is 3. The van der Waals surface area contributed by atoms with Crippen LogP contribution in [0.5, 0.6) is 0 Å². The molecule has 0 aliphatic rings. The molecular formula is C13H16N4O2S. The Bertz CT molecular complexity index is 707. The van der Waals surface area contributed by atoms with Gasteiger partial charge in [-0.3, -0.25) is 9.29 Å². The first-order valence-corrected chi connectivity index (χ1v) is 7.75. The molecule has 1 aromatic heterocycles. The molecule has 0 fully saturated rings. The molecule has 0 unspecified atom stereocenters. The Morgan fingerprint density at radius 2 is 2.25 bits per heavy atom. The molecular weight excluding hydrogens is 276 g/mol. The van der Waals surface area contributed by atoms with Crippen LogP contribution in [0.15, 0.2) is 43.2 Å². The molecule has 1 heterocycles. The predicted octanol–water partition coefficient (Wildman–Crippen LogP) is 1.89. The van der Waals surface area contributed by atoms with E-state index in [-0.39, 0.29) is 5.75 Å². The summed E-state index contributed by atoms with van der Waals surface area (Å²) >= 11 is 0. The Morgan fingerprint density at radius 1 is 1.45 bits per heavy atom. The summed E-state index contributed by atoms with van der Waals surface area (Å²) in [6.07, 6.45) is 3.58. The monoisotopic (exact) mass is 292 g/mol. The lowest BCUT2D eigenvalue weighted by molar-refractivity contribution is 0.601. The van der Waals surface area contributed by atoms with Crippen LogP contribution in [0, 0.1) is 6.92 Å². The highest BCUT2D eigenvalue weighted by atomic mass is 32.2. The van der Waals surface area contributed by atoms with Crippen LogP contribution in [0.25, 0.3) is 5.69 Å². The SMILES string of the molecule is C=CCCS(=O)(=O)Nc1cccc(-n2cnnc2C)c1. The summed E-state index contributed by atoms with van der Waals surface area (Å²) in [5.74, 6) is 0.753. The van der Waals surface area contributed by atoms with Crippen molar-refractivity contribution >= 4 is 15.7 Å². The van der Waals surface area contributed by atoms with Crippen molar-refractivity contribution in [1.82, 2.24) is 14.8 Å². The Morgan fingerprint density at radius 3 is 2.90 bits per heavy atom. The predicted molar refractivity (Wildman–Crippen MR) is 78.3 cm³/mol. The molecule has 6 nitrogen and oxygen atoms in total. The Hall–Kier alpha value is -2.15. The van der Waals surface area contributed by atoms with E-state index in [2.05, 4.69) is 21.5 Å². The van der Waals surface area contributed by atoms with Crippen molar-refractivity contribution in [1.29, 1.82) is 0 Å². The standard InChI is InChI=1S/C13H16N4O2S/c1-3-4-8-20(18,19)16-12-6-5-7-13(9-12)17-10-14-15-11(17)2/h3,5-7,9-10,16H,1,4,8H2,2H3. The van der Waals surface area contributed by atoms with Crippen LogP contribution in [0.2, 0.25) is 0 Å². The van der Waals surface area contributed by atoms with Gasteiger partial charge in [0.1, 0.15) is 12.2 Å². The van der Waals surface area contributed by atoms with Gasteiger partial charge in [-0.2, -0.15) is 0 Å². The minimum absolute atomic E-state index is 0.0202. The van der Waals surface area contributed by atoms with Gasteiger partial charge in [0.15, 0.2) is 0 Å². The van der Waals surface area contributed by atoms with Crippen LogP contribution in [0.4, 0.5) is 5.69 Å². The number of sulfonamides is 1. The van der Waals surface area contributed by atoms with Gasteiger partial charge >= 0.3 is 0 Å². The van der Waals surface area contributed by atoms with Gasteiger partial charge in [0.2, 0.25) is 10.0 Å². The number of rotatable bonds is 6. The first-order valence-electron chi connectivity index (χ1n) is 6.10. The summed E-state index contributed by atoms with van der Waals surface area (Å²) in [7, 11) is -3.35. The van der Waals surface area contributed by atoms with Gasteiger partial charge in [-0.15, -0.1) is 16.8 Å². The van der Waals surface area contributed by atoms with E-state index in [1.54, 1.807) is 35.2 Å². The van der Waals surface area contributed by atoms with Gasteiger partial charge in [-0.25, -0.2) is 8.42 Å². The molecule has 0 aliphatic carbocycles. The van der Waals surface area contributed by atoms with Gasteiger partial charge in [-0.05, 0) is 31.5 Å². The third-order valence-corrected chi connectivity index (χ3v) is 4.03. The average molecular weight is 292 g/mol. The lowest BCUT2D eigenvalue weighted by atomic mass is 10.3. The van der Waals surface area contributed by atoms with Gasteiger partial charge in [0.05, 0.1) is 17.1 Å². The number of nitrogens with one attached hydrogen (secondary N) is 1.